The van der Waals surface area contributed by atoms with Gasteiger partial charge in [0.05, 0.1) is 37.6 Å². The lowest BCUT2D eigenvalue weighted by Gasteiger charge is -2.13. The molecule has 0 unspecified atom stereocenters. The van der Waals surface area contributed by atoms with Gasteiger partial charge in [-0.25, -0.2) is 9.97 Å². The van der Waals surface area contributed by atoms with Crippen LogP contribution in [0.5, 0.6) is 11.8 Å². The SMILES string of the molecule is COc1ncnc(OC)c1CNc1cc(Br)ccc1C#N. The van der Waals surface area contributed by atoms with Gasteiger partial charge in [-0.3, -0.25) is 0 Å². The first-order chi connectivity index (χ1) is 10.2. The molecule has 0 fully saturated rings. The molecule has 0 amide bonds. The van der Waals surface area contributed by atoms with E-state index in [9.17, 15) is 0 Å². The third-order valence-electron chi connectivity index (χ3n) is 2.81. The highest BCUT2D eigenvalue weighted by atomic mass is 79.9. The Hall–Kier alpha value is -2.33. The van der Waals surface area contributed by atoms with Crippen molar-refractivity contribution in [3.8, 4) is 17.8 Å². The Morgan fingerprint density at radius 2 is 1.90 bits per heavy atom. The van der Waals surface area contributed by atoms with Gasteiger partial charge < -0.3 is 14.8 Å². The number of nitriles is 1. The maximum absolute atomic E-state index is 9.13. The number of nitrogens with one attached hydrogen (secondary N) is 1. The minimum Gasteiger partial charge on any atom is -0.481 e. The summed E-state index contributed by atoms with van der Waals surface area (Å²) in [5.41, 5.74) is 1.94. The topological polar surface area (TPSA) is 80.1 Å². The van der Waals surface area contributed by atoms with Gasteiger partial charge in [0.1, 0.15) is 12.4 Å². The van der Waals surface area contributed by atoms with Gasteiger partial charge in [-0.2, -0.15) is 5.26 Å². The number of hydrogen-bond acceptors (Lipinski definition) is 6. The summed E-state index contributed by atoms with van der Waals surface area (Å²) in [5.74, 6) is 0.866. The van der Waals surface area contributed by atoms with Crippen molar-refractivity contribution in [3.05, 3.63) is 40.1 Å². The van der Waals surface area contributed by atoms with Gasteiger partial charge in [0.15, 0.2) is 0 Å². The molecule has 0 aliphatic carbocycles. The molecule has 0 bridgehead atoms. The average Bonchev–Trinajstić information content (AvgIpc) is 2.52. The van der Waals surface area contributed by atoms with Gasteiger partial charge >= 0.3 is 0 Å². The lowest BCUT2D eigenvalue weighted by Crippen LogP contribution is -2.07. The van der Waals surface area contributed by atoms with Crippen molar-refractivity contribution < 1.29 is 9.47 Å². The van der Waals surface area contributed by atoms with Crippen LogP contribution in [0.4, 0.5) is 5.69 Å². The molecule has 6 nitrogen and oxygen atoms in total. The largest absolute Gasteiger partial charge is 0.481 e. The molecule has 7 heteroatoms. The number of anilines is 1. The lowest BCUT2D eigenvalue weighted by atomic mass is 10.2. The van der Waals surface area contributed by atoms with Crippen LogP contribution in [0.1, 0.15) is 11.1 Å². The summed E-state index contributed by atoms with van der Waals surface area (Å²) in [5, 5.41) is 12.3. The minimum atomic E-state index is 0.373. The van der Waals surface area contributed by atoms with Crippen LogP contribution in [-0.4, -0.2) is 24.2 Å². The summed E-state index contributed by atoms with van der Waals surface area (Å²) in [4.78, 5) is 8.10. The van der Waals surface area contributed by atoms with Gasteiger partial charge in [0.25, 0.3) is 0 Å². The van der Waals surface area contributed by atoms with Crippen molar-refractivity contribution in [1.29, 1.82) is 5.26 Å². The van der Waals surface area contributed by atoms with Gasteiger partial charge in [-0.1, -0.05) is 15.9 Å². The van der Waals surface area contributed by atoms with Crippen LogP contribution in [0.15, 0.2) is 29.0 Å². The highest BCUT2D eigenvalue weighted by Crippen LogP contribution is 2.26. The molecule has 0 saturated carbocycles. The number of rotatable bonds is 5. The van der Waals surface area contributed by atoms with Crippen LogP contribution in [0.2, 0.25) is 0 Å². The van der Waals surface area contributed by atoms with Gasteiger partial charge in [-0.05, 0) is 18.2 Å². The van der Waals surface area contributed by atoms with Gasteiger partial charge in [0.2, 0.25) is 11.8 Å². The van der Waals surface area contributed by atoms with Crippen molar-refractivity contribution in [2.45, 2.75) is 6.54 Å². The average molecular weight is 349 g/mol. The molecule has 1 aromatic heterocycles. The van der Waals surface area contributed by atoms with E-state index >= 15 is 0 Å². The van der Waals surface area contributed by atoms with Gasteiger partial charge in [0, 0.05) is 4.47 Å². The fraction of sp³-hybridized carbons (Fsp3) is 0.214. The molecule has 21 heavy (non-hydrogen) atoms. The predicted molar refractivity (Wildman–Crippen MR) is 81.3 cm³/mol. The molecule has 1 N–H and O–H groups in total. The standard InChI is InChI=1S/C14H13BrN4O2/c1-20-13-11(14(21-2)19-8-18-13)7-17-12-5-10(15)4-3-9(12)6-16/h3-5,8,17H,7H2,1-2H3. The third kappa shape index (κ3) is 3.41. The van der Waals surface area contributed by atoms with E-state index in [-0.39, 0.29) is 0 Å². The number of hydrogen-bond donors (Lipinski definition) is 1. The van der Waals surface area contributed by atoms with Crippen molar-refractivity contribution in [2.24, 2.45) is 0 Å². The maximum atomic E-state index is 9.13. The quantitative estimate of drug-likeness (QED) is 0.894. The Morgan fingerprint density at radius 1 is 1.24 bits per heavy atom. The van der Waals surface area contributed by atoms with E-state index in [0.29, 0.717) is 35.1 Å². The summed E-state index contributed by atoms with van der Waals surface area (Å²) in [6.45, 7) is 0.373. The molecule has 0 saturated heterocycles. The van der Waals surface area contributed by atoms with Crippen molar-refractivity contribution >= 4 is 21.6 Å². The van der Waals surface area contributed by atoms with Crippen LogP contribution in [0.25, 0.3) is 0 Å². The first kappa shape index (κ1) is 15.1. The van der Waals surface area contributed by atoms with E-state index < -0.39 is 0 Å². The highest BCUT2D eigenvalue weighted by molar-refractivity contribution is 9.10. The molecular formula is C14H13BrN4O2. The van der Waals surface area contributed by atoms with Crippen LogP contribution in [0, 0.1) is 11.3 Å². The Balaban J connectivity index is 2.28. The number of nitrogens with zero attached hydrogens (tertiary/aromatic N) is 3. The molecule has 2 rings (SSSR count). The molecule has 1 aromatic carbocycles. The Kier molecular flexibility index (Phi) is 4.95. The molecular weight excluding hydrogens is 336 g/mol. The number of ether oxygens (including phenoxy) is 2. The van der Waals surface area contributed by atoms with Crippen molar-refractivity contribution in [3.63, 3.8) is 0 Å². The summed E-state index contributed by atoms with van der Waals surface area (Å²) in [6.07, 6.45) is 1.38. The predicted octanol–water partition coefficient (Wildman–Crippen LogP) is 2.74. The van der Waals surface area contributed by atoms with E-state index in [1.54, 1.807) is 6.07 Å². The molecule has 0 radical (unpaired) electrons. The molecule has 2 aromatic rings. The number of methoxy groups -OCH3 is 2. The van der Waals surface area contributed by atoms with Crippen LogP contribution >= 0.6 is 15.9 Å². The summed E-state index contributed by atoms with van der Waals surface area (Å²) in [6, 6.07) is 7.53. The minimum absolute atomic E-state index is 0.373. The van der Waals surface area contributed by atoms with Crippen LogP contribution in [-0.2, 0) is 6.54 Å². The molecule has 0 aliphatic rings. The fourth-order valence-electron chi connectivity index (χ4n) is 1.83. The number of aromatic nitrogens is 2. The highest BCUT2D eigenvalue weighted by Gasteiger charge is 2.13. The first-order valence-corrected chi connectivity index (χ1v) is 6.84. The van der Waals surface area contributed by atoms with E-state index in [0.717, 1.165) is 4.47 Å². The molecule has 108 valence electrons. The number of benzene rings is 1. The summed E-state index contributed by atoms with van der Waals surface area (Å²) < 4.78 is 11.3. The lowest BCUT2D eigenvalue weighted by molar-refractivity contribution is 0.363. The zero-order chi connectivity index (χ0) is 15.2. The smallest absolute Gasteiger partial charge is 0.225 e. The summed E-state index contributed by atoms with van der Waals surface area (Å²) in [7, 11) is 3.07. The summed E-state index contributed by atoms with van der Waals surface area (Å²) >= 11 is 3.38. The van der Waals surface area contributed by atoms with E-state index in [1.807, 2.05) is 12.1 Å². The van der Waals surface area contributed by atoms with Crippen LogP contribution < -0.4 is 14.8 Å². The first-order valence-electron chi connectivity index (χ1n) is 6.05. The Morgan fingerprint density at radius 3 is 2.48 bits per heavy atom. The zero-order valence-corrected chi connectivity index (χ0v) is 13.1. The van der Waals surface area contributed by atoms with E-state index in [4.69, 9.17) is 14.7 Å². The van der Waals surface area contributed by atoms with E-state index in [2.05, 4.69) is 37.3 Å². The van der Waals surface area contributed by atoms with Crippen molar-refractivity contribution in [2.75, 3.05) is 19.5 Å². The zero-order valence-electron chi connectivity index (χ0n) is 11.6. The Labute approximate surface area is 130 Å². The molecule has 0 aliphatic heterocycles. The number of halogens is 1. The molecule has 1 heterocycles. The Bertz CT molecular complexity index is 663. The third-order valence-corrected chi connectivity index (χ3v) is 3.30. The normalized spacial score (nSPS) is 9.81. The van der Waals surface area contributed by atoms with Crippen molar-refractivity contribution in [1.82, 2.24) is 9.97 Å². The second-order valence-corrected chi connectivity index (χ2v) is 4.94. The van der Waals surface area contributed by atoms with Gasteiger partial charge in [-0.15, -0.1) is 0 Å². The molecule has 0 spiro atoms. The second kappa shape index (κ2) is 6.90. The van der Waals surface area contributed by atoms with E-state index in [1.165, 1.54) is 20.5 Å². The fourth-order valence-corrected chi connectivity index (χ4v) is 2.19. The molecule has 0 atom stereocenters. The van der Waals surface area contributed by atoms with Crippen LogP contribution in [0.3, 0.4) is 0 Å². The maximum Gasteiger partial charge on any atom is 0.225 e. The monoisotopic (exact) mass is 348 g/mol. The second-order valence-electron chi connectivity index (χ2n) is 4.03.